The molecular weight excluding hydrogens is 343 g/mol. The Kier molecular flexibility index (Phi) is 4.19. The molecule has 2 aromatic rings. The predicted octanol–water partition coefficient (Wildman–Crippen LogP) is 4.07. The van der Waals surface area contributed by atoms with Crippen LogP contribution in [0.5, 0.6) is 0 Å². The molecule has 24 heavy (non-hydrogen) atoms. The number of hydrogen-bond donors (Lipinski definition) is 1. The van der Waals surface area contributed by atoms with Gasteiger partial charge in [0.2, 0.25) is 0 Å². The lowest BCUT2D eigenvalue weighted by molar-refractivity contribution is -0.138. The third-order valence-corrected chi connectivity index (χ3v) is 4.17. The van der Waals surface area contributed by atoms with Crippen molar-refractivity contribution in [1.82, 2.24) is 4.98 Å². The summed E-state index contributed by atoms with van der Waals surface area (Å²) in [6.45, 7) is -0.323. The van der Waals surface area contributed by atoms with Crippen LogP contribution in [0.4, 0.5) is 13.2 Å². The molecule has 0 radical (unpaired) electrons. The van der Waals surface area contributed by atoms with Gasteiger partial charge in [-0.15, -0.1) is 0 Å². The van der Waals surface area contributed by atoms with Gasteiger partial charge in [-0.1, -0.05) is 11.6 Å². The number of alkyl halides is 3. The number of nitrogens with zero attached hydrogens (tertiary/aromatic N) is 1. The Morgan fingerprint density at radius 3 is 2.75 bits per heavy atom. The number of Topliss-reactive ketones (excluding diaryl/α,β-unsaturated/α-hetero) is 1. The van der Waals surface area contributed by atoms with Crippen LogP contribution in [0.15, 0.2) is 36.0 Å². The molecule has 1 heterocycles. The SMILES string of the molecule is O=C1/C(=C/c2ncccc2C(F)(F)F)Cc2cc(Cl)c(CO)cc21. The molecule has 0 atom stereocenters. The maximum atomic E-state index is 13.0. The summed E-state index contributed by atoms with van der Waals surface area (Å²) in [5, 5.41) is 9.54. The van der Waals surface area contributed by atoms with Crippen molar-refractivity contribution >= 4 is 23.5 Å². The molecule has 0 saturated carbocycles. The fourth-order valence-corrected chi connectivity index (χ4v) is 2.90. The number of halogens is 4. The van der Waals surface area contributed by atoms with Crippen LogP contribution >= 0.6 is 11.6 Å². The van der Waals surface area contributed by atoms with E-state index in [0.29, 0.717) is 21.7 Å². The Balaban J connectivity index is 2.04. The Labute approximate surface area is 140 Å². The number of aliphatic hydroxyl groups excluding tert-OH is 1. The summed E-state index contributed by atoms with van der Waals surface area (Å²) in [6, 6.07) is 5.16. The van der Waals surface area contributed by atoms with Gasteiger partial charge in [0.05, 0.1) is 17.9 Å². The first-order chi connectivity index (χ1) is 11.3. The van der Waals surface area contributed by atoms with Gasteiger partial charge in [0.15, 0.2) is 5.78 Å². The zero-order valence-electron chi connectivity index (χ0n) is 12.2. The van der Waals surface area contributed by atoms with E-state index in [0.717, 1.165) is 12.1 Å². The van der Waals surface area contributed by atoms with Crippen LogP contribution in [-0.2, 0) is 19.2 Å². The van der Waals surface area contributed by atoms with E-state index in [1.54, 1.807) is 6.07 Å². The number of carbonyl (C=O) groups is 1. The number of fused-ring (bicyclic) bond motifs is 1. The molecule has 0 aliphatic heterocycles. The van der Waals surface area contributed by atoms with Gasteiger partial charge < -0.3 is 5.11 Å². The summed E-state index contributed by atoms with van der Waals surface area (Å²) >= 11 is 6.00. The van der Waals surface area contributed by atoms with Crippen molar-refractivity contribution in [2.45, 2.75) is 19.2 Å². The molecule has 0 unspecified atom stereocenters. The molecule has 124 valence electrons. The van der Waals surface area contributed by atoms with E-state index >= 15 is 0 Å². The highest BCUT2D eigenvalue weighted by Crippen LogP contribution is 2.35. The number of ketones is 1. The molecule has 1 aromatic heterocycles. The molecule has 1 aliphatic carbocycles. The number of pyridine rings is 1. The van der Waals surface area contributed by atoms with Crippen LogP contribution in [0.3, 0.4) is 0 Å². The molecule has 1 aliphatic rings. The number of carbonyl (C=O) groups excluding carboxylic acids is 1. The first kappa shape index (κ1) is 16.7. The molecule has 0 saturated heterocycles. The topological polar surface area (TPSA) is 50.2 Å². The first-order valence-corrected chi connectivity index (χ1v) is 7.38. The van der Waals surface area contributed by atoms with Crippen LogP contribution in [-0.4, -0.2) is 15.9 Å². The van der Waals surface area contributed by atoms with Crippen molar-refractivity contribution in [3.63, 3.8) is 0 Å². The predicted molar refractivity (Wildman–Crippen MR) is 82.6 cm³/mol. The van der Waals surface area contributed by atoms with E-state index in [1.165, 1.54) is 18.3 Å². The van der Waals surface area contributed by atoms with E-state index in [2.05, 4.69) is 4.98 Å². The lowest BCUT2D eigenvalue weighted by atomic mass is 10.1. The van der Waals surface area contributed by atoms with E-state index in [-0.39, 0.29) is 30.1 Å². The molecule has 1 N–H and O–H groups in total. The van der Waals surface area contributed by atoms with Crippen molar-refractivity contribution in [3.05, 3.63) is 69.0 Å². The second-order valence-electron chi connectivity index (χ2n) is 5.37. The maximum Gasteiger partial charge on any atom is 0.418 e. The molecule has 3 rings (SSSR count). The smallest absolute Gasteiger partial charge is 0.392 e. The lowest BCUT2D eigenvalue weighted by Gasteiger charge is -2.09. The van der Waals surface area contributed by atoms with Gasteiger partial charge in [0.1, 0.15) is 0 Å². The van der Waals surface area contributed by atoms with Gasteiger partial charge in [-0.2, -0.15) is 13.2 Å². The van der Waals surface area contributed by atoms with Crippen LogP contribution in [0.25, 0.3) is 6.08 Å². The highest BCUT2D eigenvalue weighted by atomic mass is 35.5. The highest BCUT2D eigenvalue weighted by molar-refractivity contribution is 6.32. The molecule has 0 fully saturated rings. The molecule has 0 amide bonds. The minimum absolute atomic E-state index is 0.174. The fraction of sp³-hybridized carbons (Fsp3) is 0.176. The van der Waals surface area contributed by atoms with Gasteiger partial charge in [0, 0.05) is 28.8 Å². The van der Waals surface area contributed by atoms with Crippen LogP contribution in [0, 0.1) is 0 Å². The van der Waals surface area contributed by atoms with Crippen molar-refractivity contribution in [1.29, 1.82) is 0 Å². The van der Waals surface area contributed by atoms with Gasteiger partial charge in [-0.25, -0.2) is 0 Å². The molecule has 0 bridgehead atoms. The molecular formula is C17H11ClF3NO2. The number of allylic oxidation sites excluding steroid dienone is 1. The summed E-state index contributed by atoms with van der Waals surface area (Å²) < 4.78 is 39.1. The zero-order valence-corrected chi connectivity index (χ0v) is 12.9. The third-order valence-electron chi connectivity index (χ3n) is 3.81. The van der Waals surface area contributed by atoms with Crippen molar-refractivity contribution in [3.8, 4) is 0 Å². The lowest BCUT2D eigenvalue weighted by Crippen LogP contribution is -2.09. The summed E-state index contributed by atoms with van der Waals surface area (Å²) in [7, 11) is 0. The second kappa shape index (κ2) is 6.03. The Hall–Kier alpha value is -2.18. The van der Waals surface area contributed by atoms with Gasteiger partial charge in [-0.3, -0.25) is 9.78 Å². The average Bonchev–Trinajstić information content (AvgIpc) is 2.81. The number of aliphatic hydroxyl groups is 1. The number of rotatable bonds is 2. The van der Waals surface area contributed by atoms with E-state index in [1.807, 2.05) is 0 Å². The standard InChI is InChI=1S/C17H11ClF3NO2/c18-14-6-9-4-10(16(24)12(9)5-11(14)8-23)7-15-13(17(19,20)21)2-1-3-22-15/h1-3,5-7,23H,4,8H2/b10-7+. The zero-order chi connectivity index (χ0) is 17.5. The van der Waals surface area contributed by atoms with Crippen molar-refractivity contribution in [2.24, 2.45) is 0 Å². The maximum absolute atomic E-state index is 13.0. The van der Waals surface area contributed by atoms with Gasteiger partial charge in [0.25, 0.3) is 0 Å². The van der Waals surface area contributed by atoms with E-state index < -0.39 is 11.7 Å². The van der Waals surface area contributed by atoms with Crippen LogP contribution < -0.4 is 0 Å². The third kappa shape index (κ3) is 2.95. The summed E-state index contributed by atoms with van der Waals surface area (Å²) in [5.74, 6) is -0.379. The van der Waals surface area contributed by atoms with E-state index in [9.17, 15) is 23.1 Å². The van der Waals surface area contributed by atoms with Crippen molar-refractivity contribution in [2.75, 3.05) is 0 Å². The van der Waals surface area contributed by atoms with Crippen LogP contribution in [0.2, 0.25) is 5.02 Å². The van der Waals surface area contributed by atoms with Gasteiger partial charge in [-0.05, 0) is 41.5 Å². The van der Waals surface area contributed by atoms with E-state index in [4.69, 9.17) is 11.6 Å². The first-order valence-electron chi connectivity index (χ1n) is 7.01. The molecule has 1 aromatic carbocycles. The molecule has 3 nitrogen and oxygen atoms in total. The average molecular weight is 354 g/mol. The quantitative estimate of drug-likeness (QED) is 0.828. The summed E-state index contributed by atoms with van der Waals surface area (Å²) in [6.07, 6.45) is -1.97. The number of aromatic nitrogens is 1. The monoisotopic (exact) mass is 353 g/mol. The number of benzene rings is 1. The molecule has 0 spiro atoms. The minimum Gasteiger partial charge on any atom is -0.392 e. The second-order valence-corrected chi connectivity index (χ2v) is 5.78. The van der Waals surface area contributed by atoms with Crippen LogP contribution in [0.1, 0.15) is 32.7 Å². The summed E-state index contributed by atoms with van der Waals surface area (Å²) in [5.41, 5.74) is 0.390. The Bertz CT molecular complexity index is 859. The summed E-state index contributed by atoms with van der Waals surface area (Å²) in [4.78, 5) is 16.2. The molecule has 7 heteroatoms. The largest absolute Gasteiger partial charge is 0.418 e. The number of hydrogen-bond acceptors (Lipinski definition) is 3. The van der Waals surface area contributed by atoms with Gasteiger partial charge >= 0.3 is 6.18 Å². The Morgan fingerprint density at radius 2 is 2.08 bits per heavy atom. The highest BCUT2D eigenvalue weighted by Gasteiger charge is 2.34. The van der Waals surface area contributed by atoms with Crippen molar-refractivity contribution < 1.29 is 23.1 Å². The normalized spacial score (nSPS) is 15.9. The Morgan fingerprint density at radius 1 is 1.33 bits per heavy atom. The minimum atomic E-state index is -4.55. The fourth-order valence-electron chi connectivity index (χ4n) is 2.65.